The molecular formula is C25H21BrN2O6S2. The van der Waals surface area contributed by atoms with Crippen LogP contribution in [0.5, 0.6) is 0 Å². The van der Waals surface area contributed by atoms with E-state index in [1.54, 1.807) is 12.1 Å². The Labute approximate surface area is 217 Å². The van der Waals surface area contributed by atoms with Crippen molar-refractivity contribution in [2.24, 2.45) is 0 Å². The van der Waals surface area contributed by atoms with Crippen molar-refractivity contribution in [3.63, 3.8) is 0 Å². The number of nitrogens with zero attached hydrogens (tertiary/aromatic N) is 1. The fourth-order valence-corrected chi connectivity index (χ4v) is 5.92. The summed E-state index contributed by atoms with van der Waals surface area (Å²) >= 11 is 3.25. The smallest absolute Gasteiger partial charge is 0.291 e. The van der Waals surface area contributed by atoms with Gasteiger partial charge < -0.3 is 9.73 Å². The zero-order valence-electron chi connectivity index (χ0n) is 19.0. The van der Waals surface area contributed by atoms with Crippen molar-refractivity contribution in [3.05, 3.63) is 107 Å². The van der Waals surface area contributed by atoms with Crippen LogP contribution in [0.3, 0.4) is 0 Å². The Kier molecular flexibility index (Phi) is 7.46. The van der Waals surface area contributed by atoms with Crippen LogP contribution in [0.2, 0.25) is 0 Å². The van der Waals surface area contributed by atoms with Crippen molar-refractivity contribution in [3.8, 4) is 0 Å². The standard InChI is InChI=1S/C25H21BrN2O6S2/c1-28(17-18-5-3-2-4-6-18)36(32,33)22-13-9-20(10-14-22)27-25(29)23-15-16-24(34-23)35(30,31)21-11-7-19(26)8-12-21/h2-16H,17H2,1H3,(H,27,29). The Morgan fingerprint density at radius 2 is 1.44 bits per heavy atom. The molecule has 11 heteroatoms. The first kappa shape index (κ1) is 25.8. The molecule has 1 amide bonds. The number of anilines is 1. The minimum absolute atomic E-state index is 0.0287. The fourth-order valence-electron chi connectivity index (χ4n) is 3.32. The molecule has 0 saturated carbocycles. The van der Waals surface area contributed by atoms with Crippen LogP contribution >= 0.6 is 15.9 Å². The maximum atomic E-state index is 12.9. The highest BCUT2D eigenvalue weighted by molar-refractivity contribution is 9.10. The third-order valence-electron chi connectivity index (χ3n) is 5.26. The minimum Gasteiger partial charge on any atom is -0.439 e. The number of nitrogens with one attached hydrogen (secondary N) is 1. The van der Waals surface area contributed by atoms with Crippen molar-refractivity contribution >= 4 is 47.4 Å². The molecule has 0 aliphatic carbocycles. The van der Waals surface area contributed by atoms with Crippen molar-refractivity contribution < 1.29 is 26.0 Å². The van der Waals surface area contributed by atoms with Gasteiger partial charge in [-0.05, 0) is 66.2 Å². The molecule has 186 valence electrons. The van der Waals surface area contributed by atoms with Gasteiger partial charge >= 0.3 is 0 Å². The van der Waals surface area contributed by atoms with Crippen molar-refractivity contribution in [2.45, 2.75) is 21.4 Å². The van der Waals surface area contributed by atoms with Crippen LogP contribution in [-0.4, -0.2) is 34.1 Å². The molecule has 8 nitrogen and oxygen atoms in total. The molecule has 0 fully saturated rings. The van der Waals surface area contributed by atoms with E-state index in [9.17, 15) is 21.6 Å². The average molecular weight is 589 g/mol. The van der Waals surface area contributed by atoms with Gasteiger partial charge in [-0.2, -0.15) is 4.31 Å². The maximum absolute atomic E-state index is 12.9. The van der Waals surface area contributed by atoms with Crippen molar-refractivity contribution in [1.82, 2.24) is 4.31 Å². The maximum Gasteiger partial charge on any atom is 0.291 e. The number of sulfonamides is 1. The number of sulfone groups is 1. The lowest BCUT2D eigenvalue weighted by Gasteiger charge is -2.17. The second-order valence-corrected chi connectivity index (χ2v) is 12.6. The molecule has 0 aliphatic heterocycles. The van der Waals surface area contributed by atoms with Gasteiger partial charge in [0, 0.05) is 23.8 Å². The zero-order chi connectivity index (χ0) is 25.9. The van der Waals surface area contributed by atoms with Crippen LogP contribution in [0.4, 0.5) is 5.69 Å². The Morgan fingerprint density at radius 1 is 0.833 bits per heavy atom. The molecule has 1 heterocycles. The first-order chi connectivity index (χ1) is 17.1. The van der Waals surface area contributed by atoms with E-state index in [4.69, 9.17) is 4.42 Å². The molecule has 0 unspecified atom stereocenters. The number of halogens is 1. The number of furan rings is 1. The van der Waals surface area contributed by atoms with E-state index in [1.165, 1.54) is 59.9 Å². The topological polar surface area (TPSA) is 114 Å². The molecule has 0 bridgehead atoms. The summed E-state index contributed by atoms with van der Waals surface area (Å²) in [5.74, 6) is -0.881. The number of hydrogen-bond donors (Lipinski definition) is 1. The second-order valence-electron chi connectivity index (χ2n) is 7.80. The number of hydrogen-bond acceptors (Lipinski definition) is 6. The van der Waals surface area contributed by atoms with Gasteiger partial charge in [0.2, 0.25) is 25.0 Å². The van der Waals surface area contributed by atoms with Crippen LogP contribution in [0.25, 0.3) is 0 Å². The SMILES string of the molecule is CN(Cc1ccccc1)S(=O)(=O)c1ccc(NC(=O)c2ccc(S(=O)(=O)c3ccc(Br)cc3)o2)cc1. The molecule has 0 radical (unpaired) electrons. The average Bonchev–Trinajstić information content (AvgIpc) is 3.37. The third-order valence-corrected chi connectivity index (χ3v) is 9.25. The van der Waals surface area contributed by atoms with E-state index in [2.05, 4.69) is 21.2 Å². The molecule has 0 atom stereocenters. The van der Waals surface area contributed by atoms with Gasteiger partial charge in [0.15, 0.2) is 5.76 Å². The van der Waals surface area contributed by atoms with E-state index >= 15 is 0 Å². The Morgan fingerprint density at radius 3 is 2.08 bits per heavy atom. The number of rotatable bonds is 8. The molecule has 3 aromatic carbocycles. The normalized spacial score (nSPS) is 12.0. The second kappa shape index (κ2) is 10.4. The van der Waals surface area contributed by atoms with Crippen LogP contribution in [-0.2, 0) is 26.4 Å². The first-order valence-corrected chi connectivity index (χ1v) is 14.3. The first-order valence-electron chi connectivity index (χ1n) is 10.6. The van der Waals surface area contributed by atoms with E-state index < -0.39 is 25.8 Å². The molecular weight excluding hydrogens is 568 g/mol. The van der Waals surface area contributed by atoms with Gasteiger partial charge in [0.1, 0.15) is 0 Å². The molecule has 0 spiro atoms. The van der Waals surface area contributed by atoms with E-state index in [0.29, 0.717) is 5.69 Å². The third kappa shape index (κ3) is 5.59. The molecule has 36 heavy (non-hydrogen) atoms. The summed E-state index contributed by atoms with van der Waals surface area (Å²) in [4.78, 5) is 12.7. The van der Waals surface area contributed by atoms with Crippen molar-refractivity contribution in [2.75, 3.05) is 12.4 Å². The fraction of sp³-hybridized carbons (Fsp3) is 0.0800. The molecule has 1 N–H and O–H groups in total. The monoisotopic (exact) mass is 588 g/mol. The number of carbonyl (C=O) groups excluding carboxylic acids is 1. The molecule has 0 aliphatic rings. The Bertz CT molecular complexity index is 1580. The lowest BCUT2D eigenvalue weighted by molar-refractivity contribution is 0.0991. The quantitative estimate of drug-likeness (QED) is 0.311. The number of benzene rings is 3. The van der Waals surface area contributed by atoms with E-state index in [-0.39, 0.29) is 27.2 Å². The van der Waals surface area contributed by atoms with Crippen LogP contribution in [0, 0.1) is 0 Å². The highest BCUT2D eigenvalue weighted by atomic mass is 79.9. The lowest BCUT2D eigenvalue weighted by atomic mass is 10.2. The van der Waals surface area contributed by atoms with Gasteiger partial charge in [0.25, 0.3) is 5.91 Å². The van der Waals surface area contributed by atoms with Crippen molar-refractivity contribution in [1.29, 1.82) is 0 Å². The van der Waals surface area contributed by atoms with Crippen LogP contribution in [0.15, 0.2) is 115 Å². The van der Waals surface area contributed by atoms with Crippen LogP contribution < -0.4 is 5.32 Å². The van der Waals surface area contributed by atoms with Gasteiger partial charge in [-0.15, -0.1) is 0 Å². The van der Waals surface area contributed by atoms with Gasteiger partial charge in [-0.3, -0.25) is 4.79 Å². The summed E-state index contributed by atoms with van der Waals surface area (Å²) in [6, 6.07) is 23.4. The summed E-state index contributed by atoms with van der Waals surface area (Å²) in [5, 5.41) is 2.21. The van der Waals surface area contributed by atoms with Gasteiger partial charge in [-0.1, -0.05) is 46.3 Å². The van der Waals surface area contributed by atoms with Gasteiger partial charge in [0.05, 0.1) is 9.79 Å². The molecule has 4 aromatic rings. The Hall–Kier alpha value is -3.25. The summed E-state index contributed by atoms with van der Waals surface area (Å²) < 4.78 is 58.5. The largest absolute Gasteiger partial charge is 0.439 e. The summed E-state index contributed by atoms with van der Waals surface area (Å²) in [6.07, 6.45) is 0. The predicted octanol–water partition coefficient (Wildman–Crippen LogP) is 4.95. The Balaban J connectivity index is 1.45. The number of amides is 1. The van der Waals surface area contributed by atoms with Crippen LogP contribution in [0.1, 0.15) is 16.1 Å². The predicted molar refractivity (Wildman–Crippen MR) is 138 cm³/mol. The highest BCUT2D eigenvalue weighted by Crippen LogP contribution is 2.25. The summed E-state index contributed by atoms with van der Waals surface area (Å²) in [6.45, 7) is 0.214. The summed E-state index contributed by atoms with van der Waals surface area (Å²) in [5.41, 5.74) is 1.17. The zero-order valence-corrected chi connectivity index (χ0v) is 22.2. The molecule has 1 aromatic heterocycles. The number of carbonyl (C=O) groups is 1. The molecule has 4 rings (SSSR count). The van der Waals surface area contributed by atoms with E-state index in [0.717, 1.165) is 10.0 Å². The summed E-state index contributed by atoms with van der Waals surface area (Å²) in [7, 11) is -6.18. The van der Waals surface area contributed by atoms with Gasteiger partial charge in [-0.25, -0.2) is 16.8 Å². The lowest BCUT2D eigenvalue weighted by Crippen LogP contribution is -2.26. The highest BCUT2D eigenvalue weighted by Gasteiger charge is 2.24. The van der Waals surface area contributed by atoms with E-state index in [1.807, 2.05) is 30.3 Å². The minimum atomic E-state index is -3.93. The molecule has 0 saturated heterocycles.